The summed E-state index contributed by atoms with van der Waals surface area (Å²) in [5.41, 5.74) is 9.32. The van der Waals surface area contributed by atoms with Crippen molar-refractivity contribution in [1.29, 1.82) is 0 Å². The van der Waals surface area contributed by atoms with Gasteiger partial charge in [0.2, 0.25) is 0 Å². The molecule has 2 N–H and O–H groups in total. The lowest BCUT2D eigenvalue weighted by atomic mass is 10.1. The van der Waals surface area contributed by atoms with Gasteiger partial charge in [0, 0.05) is 0 Å². The van der Waals surface area contributed by atoms with Gasteiger partial charge >= 0.3 is 5.97 Å². The Hall–Kier alpha value is -2.49. The minimum absolute atomic E-state index is 0.296. The highest BCUT2D eigenvalue weighted by molar-refractivity contribution is 5.96. The number of carbonyl (C=O) groups excluding carboxylic acids is 1. The van der Waals surface area contributed by atoms with E-state index in [0.717, 1.165) is 18.6 Å². The third-order valence-electron chi connectivity index (χ3n) is 3.77. The molecule has 0 saturated heterocycles. The number of ether oxygens (including phenoxy) is 2. The SMILES string of the molecule is COC(=O)c1cccc(Oc2ccc3c(c2)CCC3)c1N. The highest BCUT2D eigenvalue weighted by Gasteiger charge is 2.15. The van der Waals surface area contributed by atoms with Crippen LogP contribution in [-0.2, 0) is 17.6 Å². The molecule has 0 aromatic heterocycles. The molecule has 0 amide bonds. The first kappa shape index (κ1) is 13.5. The number of para-hydroxylation sites is 1. The van der Waals surface area contributed by atoms with E-state index in [1.165, 1.54) is 24.7 Å². The van der Waals surface area contributed by atoms with E-state index in [-0.39, 0.29) is 0 Å². The topological polar surface area (TPSA) is 61.5 Å². The Morgan fingerprint density at radius 2 is 1.95 bits per heavy atom. The Morgan fingerprint density at radius 3 is 2.76 bits per heavy atom. The fourth-order valence-electron chi connectivity index (χ4n) is 2.66. The van der Waals surface area contributed by atoms with Crippen molar-refractivity contribution in [1.82, 2.24) is 0 Å². The van der Waals surface area contributed by atoms with Crippen LogP contribution in [0.3, 0.4) is 0 Å². The zero-order valence-corrected chi connectivity index (χ0v) is 11.9. The van der Waals surface area contributed by atoms with Gasteiger partial charge in [0.15, 0.2) is 5.75 Å². The smallest absolute Gasteiger partial charge is 0.340 e. The van der Waals surface area contributed by atoms with E-state index in [0.29, 0.717) is 17.0 Å². The van der Waals surface area contributed by atoms with Gasteiger partial charge in [-0.05, 0) is 54.7 Å². The number of carbonyl (C=O) groups is 1. The third kappa shape index (κ3) is 2.57. The molecule has 0 fully saturated rings. The zero-order valence-electron chi connectivity index (χ0n) is 11.9. The molecule has 1 aliphatic carbocycles. The van der Waals surface area contributed by atoms with E-state index in [4.69, 9.17) is 15.2 Å². The molecule has 2 aromatic carbocycles. The maximum absolute atomic E-state index is 11.6. The first-order chi connectivity index (χ1) is 10.2. The van der Waals surface area contributed by atoms with Crippen LogP contribution >= 0.6 is 0 Å². The summed E-state index contributed by atoms with van der Waals surface area (Å²) < 4.78 is 10.5. The minimum atomic E-state index is -0.466. The van der Waals surface area contributed by atoms with Crippen LogP contribution < -0.4 is 10.5 Å². The molecule has 4 heteroatoms. The van der Waals surface area contributed by atoms with Crippen molar-refractivity contribution < 1.29 is 14.3 Å². The summed E-state index contributed by atoms with van der Waals surface area (Å²) in [6, 6.07) is 11.2. The molecule has 0 atom stereocenters. The molecule has 0 spiro atoms. The van der Waals surface area contributed by atoms with Crippen LogP contribution in [0.2, 0.25) is 0 Å². The number of hydrogen-bond acceptors (Lipinski definition) is 4. The van der Waals surface area contributed by atoms with Gasteiger partial charge in [-0.2, -0.15) is 0 Å². The lowest BCUT2D eigenvalue weighted by Gasteiger charge is -2.12. The molecule has 0 heterocycles. The van der Waals surface area contributed by atoms with Crippen molar-refractivity contribution >= 4 is 11.7 Å². The first-order valence-corrected chi connectivity index (χ1v) is 6.95. The predicted octanol–water partition coefficient (Wildman–Crippen LogP) is 3.34. The van der Waals surface area contributed by atoms with Crippen LogP contribution in [0.15, 0.2) is 36.4 Å². The van der Waals surface area contributed by atoms with E-state index in [1.54, 1.807) is 18.2 Å². The van der Waals surface area contributed by atoms with Gasteiger partial charge in [0.1, 0.15) is 5.75 Å². The van der Waals surface area contributed by atoms with Crippen molar-refractivity contribution in [3.8, 4) is 11.5 Å². The lowest BCUT2D eigenvalue weighted by Crippen LogP contribution is -2.06. The summed E-state index contributed by atoms with van der Waals surface area (Å²) in [6.45, 7) is 0. The van der Waals surface area contributed by atoms with Gasteiger partial charge in [-0.15, -0.1) is 0 Å². The van der Waals surface area contributed by atoms with Gasteiger partial charge in [-0.1, -0.05) is 12.1 Å². The minimum Gasteiger partial charge on any atom is -0.465 e. The quantitative estimate of drug-likeness (QED) is 0.693. The van der Waals surface area contributed by atoms with Crippen molar-refractivity contribution in [3.05, 3.63) is 53.1 Å². The number of esters is 1. The predicted molar refractivity (Wildman–Crippen MR) is 80.7 cm³/mol. The molecule has 3 rings (SSSR count). The average molecular weight is 283 g/mol. The Balaban J connectivity index is 1.90. The molecule has 108 valence electrons. The van der Waals surface area contributed by atoms with Crippen LogP contribution in [0.25, 0.3) is 0 Å². The zero-order chi connectivity index (χ0) is 14.8. The van der Waals surface area contributed by atoms with Crippen LogP contribution in [-0.4, -0.2) is 13.1 Å². The Labute approximate surface area is 123 Å². The summed E-state index contributed by atoms with van der Waals surface area (Å²) in [6.07, 6.45) is 3.42. The second-order valence-electron chi connectivity index (χ2n) is 5.10. The molecule has 0 saturated carbocycles. The number of nitrogen functional groups attached to an aromatic ring is 1. The summed E-state index contributed by atoms with van der Waals surface area (Å²) in [5.74, 6) is 0.743. The van der Waals surface area contributed by atoms with Crippen LogP contribution in [0.1, 0.15) is 27.9 Å². The van der Waals surface area contributed by atoms with E-state index < -0.39 is 5.97 Å². The van der Waals surface area contributed by atoms with E-state index in [1.807, 2.05) is 12.1 Å². The normalized spacial score (nSPS) is 12.8. The molecule has 0 bridgehead atoms. The molecule has 21 heavy (non-hydrogen) atoms. The van der Waals surface area contributed by atoms with Gasteiger partial charge < -0.3 is 15.2 Å². The van der Waals surface area contributed by atoms with Crippen LogP contribution in [0, 0.1) is 0 Å². The highest BCUT2D eigenvalue weighted by Crippen LogP contribution is 2.33. The lowest BCUT2D eigenvalue weighted by molar-refractivity contribution is 0.0601. The molecule has 4 nitrogen and oxygen atoms in total. The third-order valence-corrected chi connectivity index (χ3v) is 3.77. The number of fused-ring (bicyclic) bond motifs is 1. The monoisotopic (exact) mass is 283 g/mol. The largest absolute Gasteiger partial charge is 0.465 e. The maximum Gasteiger partial charge on any atom is 0.340 e. The molecule has 0 unspecified atom stereocenters. The molecular formula is C17H17NO3. The Bertz CT molecular complexity index is 694. The number of benzene rings is 2. The summed E-state index contributed by atoms with van der Waals surface area (Å²) >= 11 is 0. The van der Waals surface area contributed by atoms with Crippen molar-refractivity contribution in [2.45, 2.75) is 19.3 Å². The summed E-state index contributed by atoms with van der Waals surface area (Å²) in [5, 5.41) is 0. The Morgan fingerprint density at radius 1 is 1.14 bits per heavy atom. The Kier molecular flexibility index (Phi) is 3.52. The van der Waals surface area contributed by atoms with Crippen molar-refractivity contribution in [2.24, 2.45) is 0 Å². The fourth-order valence-corrected chi connectivity index (χ4v) is 2.66. The molecular weight excluding hydrogens is 266 g/mol. The van der Waals surface area contributed by atoms with E-state index >= 15 is 0 Å². The summed E-state index contributed by atoms with van der Waals surface area (Å²) in [4.78, 5) is 11.6. The van der Waals surface area contributed by atoms with E-state index in [2.05, 4.69) is 6.07 Å². The molecule has 2 aromatic rings. The van der Waals surface area contributed by atoms with Crippen LogP contribution in [0.5, 0.6) is 11.5 Å². The number of anilines is 1. The standard InChI is InChI=1S/C17H17NO3/c1-20-17(19)14-6-3-7-15(16(14)18)21-13-9-8-11-4-2-5-12(11)10-13/h3,6-10H,2,4-5,18H2,1H3. The summed E-state index contributed by atoms with van der Waals surface area (Å²) in [7, 11) is 1.33. The van der Waals surface area contributed by atoms with Gasteiger partial charge in [-0.25, -0.2) is 4.79 Å². The maximum atomic E-state index is 11.6. The number of nitrogens with two attached hydrogens (primary N) is 1. The molecule has 0 aliphatic heterocycles. The highest BCUT2D eigenvalue weighted by atomic mass is 16.5. The number of methoxy groups -OCH3 is 1. The van der Waals surface area contributed by atoms with E-state index in [9.17, 15) is 4.79 Å². The van der Waals surface area contributed by atoms with Crippen LogP contribution in [0.4, 0.5) is 5.69 Å². The van der Waals surface area contributed by atoms with Crippen molar-refractivity contribution in [3.63, 3.8) is 0 Å². The van der Waals surface area contributed by atoms with Gasteiger partial charge in [-0.3, -0.25) is 0 Å². The van der Waals surface area contributed by atoms with Gasteiger partial charge in [0.05, 0.1) is 18.4 Å². The number of aryl methyl sites for hydroxylation is 2. The number of hydrogen-bond donors (Lipinski definition) is 1. The second-order valence-corrected chi connectivity index (χ2v) is 5.10. The van der Waals surface area contributed by atoms with Crippen molar-refractivity contribution in [2.75, 3.05) is 12.8 Å². The molecule has 1 aliphatic rings. The van der Waals surface area contributed by atoms with Gasteiger partial charge in [0.25, 0.3) is 0 Å². The number of rotatable bonds is 3. The second kappa shape index (κ2) is 5.48. The first-order valence-electron chi connectivity index (χ1n) is 6.95. The molecule has 0 radical (unpaired) electrons. The average Bonchev–Trinajstić information content (AvgIpc) is 2.96. The fraction of sp³-hybridized carbons (Fsp3) is 0.235.